The van der Waals surface area contributed by atoms with Crippen molar-refractivity contribution >= 4 is 17.3 Å². The summed E-state index contributed by atoms with van der Waals surface area (Å²) in [7, 11) is 0. The smallest absolute Gasteiger partial charge is 0.133 e. The predicted molar refractivity (Wildman–Crippen MR) is 158 cm³/mol. The van der Waals surface area contributed by atoms with E-state index in [0.29, 0.717) is 19.3 Å². The molecule has 1 aromatic rings. The second kappa shape index (κ2) is 34.1. The molecule has 35 heavy (non-hydrogen) atoms. The van der Waals surface area contributed by atoms with Gasteiger partial charge >= 0.3 is 0 Å². The van der Waals surface area contributed by atoms with Gasteiger partial charge in [0.25, 0.3) is 0 Å². The van der Waals surface area contributed by atoms with Gasteiger partial charge in [-0.1, -0.05) is 104 Å². The summed E-state index contributed by atoms with van der Waals surface area (Å²) in [6, 6.07) is 8.24. The van der Waals surface area contributed by atoms with E-state index in [4.69, 9.17) is 0 Å². The highest BCUT2D eigenvalue weighted by molar-refractivity contribution is 5.86. The minimum absolute atomic E-state index is 0.111. The Kier molecular flexibility index (Phi) is 42.0. The van der Waals surface area contributed by atoms with Crippen molar-refractivity contribution < 1.29 is 14.4 Å². The van der Waals surface area contributed by atoms with Crippen LogP contribution in [0.1, 0.15) is 133 Å². The van der Waals surface area contributed by atoms with Crippen molar-refractivity contribution in [3.05, 3.63) is 47.5 Å². The molecule has 1 aromatic carbocycles. The molecule has 1 rings (SSSR count). The first-order valence-corrected chi connectivity index (χ1v) is 13.8. The number of carbonyl (C=O) groups is 3. The van der Waals surface area contributed by atoms with Crippen molar-refractivity contribution in [1.29, 1.82) is 0 Å². The minimum atomic E-state index is -0.146. The first kappa shape index (κ1) is 43.1. The van der Waals surface area contributed by atoms with Crippen LogP contribution in [0.2, 0.25) is 0 Å². The van der Waals surface area contributed by atoms with Gasteiger partial charge in [-0.15, -0.1) is 6.58 Å². The first-order chi connectivity index (χ1) is 16.6. The molecule has 0 heterocycles. The Morgan fingerprint density at radius 2 is 1.20 bits per heavy atom. The quantitative estimate of drug-likeness (QED) is 0.305. The van der Waals surface area contributed by atoms with Gasteiger partial charge in [0.1, 0.15) is 17.3 Å². The highest BCUT2D eigenvalue weighted by atomic mass is 16.1. The third-order valence-electron chi connectivity index (χ3n) is 4.28. The van der Waals surface area contributed by atoms with Crippen LogP contribution in [0, 0.1) is 12.8 Å². The Morgan fingerprint density at radius 1 is 0.800 bits per heavy atom. The second-order valence-electron chi connectivity index (χ2n) is 7.79. The SMILES string of the molecule is C=C(C)CC[C@H](CC(=O)CCc1ccc(C)cc1)C(C)=O.CC.CC.CC.CCC.CCC(C)=O. The molecule has 0 radical (unpaired) electrons. The van der Waals surface area contributed by atoms with Gasteiger partial charge in [-0.25, -0.2) is 0 Å². The molecule has 0 bridgehead atoms. The zero-order chi connectivity index (χ0) is 28.8. The third kappa shape index (κ3) is 36.7. The van der Waals surface area contributed by atoms with Crippen LogP contribution < -0.4 is 0 Å². The van der Waals surface area contributed by atoms with Crippen molar-refractivity contribution in [3.63, 3.8) is 0 Å². The lowest BCUT2D eigenvalue weighted by Crippen LogP contribution is -2.16. The molecule has 0 unspecified atom stereocenters. The lowest BCUT2D eigenvalue weighted by Gasteiger charge is -2.13. The van der Waals surface area contributed by atoms with Gasteiger partial charge in [0.15, 0.2) is 0 Å². The molecule has 0 aliphatic rings. The van der Waals surface area contributed by atoms with Crippen LogP contribution in [0.25, 0.3) is 0 Å². The molecular weight excluding hydrogens is 432 g/mol. The predicted octanol–water partition coefficient (Wildman–Crippen LogP) is 9.93. The van der Waals surface area contributed by atoms with Crippen molar-refractivity contribution in [2.75, 3.05) is 0 Å². The largest absolute Gasteiger partial charge is 0.300 e. The molecule has 0 amide bonds. The number of rotatable bonds is 10. The summed E-state index contributed by atoms with van der Waals surface area (Å²) < 4.78 is 0. The standard InChI is InChI=1S/C19H26O2.C4H8O.C3H8.3C2H6/c1-14(2)5-11-18(16(4)20)13-19(21)12-10-17-8-6-15(3)7-9-17;1-3-4(2)5;1-3-2;3*1-2/h6-9,18H,1,5,10-13H2,2-4H3;3H2,1-2H3;3H2,1-2H3;3*1-2H3/t18-;;;;;/m1...../s1. The third-order valence-corrected chi connectivity index (χ3v) is 4.28. The van der Waals surface area contributed by atoms with Gasteiger partial charge < -0.3 is 4.79 Å². The fourth-order valence-corrected chi connectivity index (χ4v) is 2.29. The summed E-state index contributed by atoms with van der Waals surface area (Å²) in [6.07, 6.45) is 5.11. The van der Waals surface area contributed by atoms with Crippen molar-refractivity contribution in [2.45, 2.75) is 135 Å². The Morgan fingerprint density at radius 3 is 1.51 bits per heavy atom. The van der Waals surface area contributed by atoms with E-state index in [-0.39, 0.29) is 23.3 Å². The number of Topliss-reactive ketones (excluding diaryl/α,β-unsaturated/α-hetero) is 3. The van der Waals surface area contributed by atoms with E-state index in [9.17, 15) is 14.4 Å². The van der Waals surface area contributed by atoms with Crippen LogP contribution in [0.4, 0.5) is 0 Å². The molecule has 3 nitrogen and oxygen atoms in total. The lowest BCUT2D eigenvalue weighted by molar-refractivity contribution is -0.126. The molecule has 0 aliphatic carbocycles. The van der Waals surface area contributed by atoms with E-state index in [1.54, 1.807) is 13.8 Å². The first-order valence-electron chi connectivity index (χ1n) is 13.8. The van der Waals surface area contributed by atoms with E-state index in [1.165, 1.54) is 17.5 Å². The Balaban J connectivity index is -0.000000179. The number of ketones is 3. The molecule has 0 fully saturated rings. The highest BCUT2D eigenvalue weighted by Gasteiger charge is 2.18. The van der Waals surface area contributed by atoms with E-state index in [1.807, 2.05) is 62.3 Å². The van der Waals surface area contributed by atoms with Gasteiger partial charge in [-0.3, -0.25) is 9.59 Å². The van der Waals surface area contributed by atoms with Gasteiger partial charge in [0.2, 0.25) is 0 Å². The van der Waals surface area contributed by atoms with Crippen LogP contribution in [0.5, 0.6) is 0 Å². The zero-order valence-electron chi connectivity index (χ0n) is 25.8. The topological polar surface area (TPSA) is 51.2 Å². The van der Waals surface area contributed by atoms with E-state index in [2.05, 4.69) is 44.7 Å². The van der Waals surface area contributed by atoms with Crippen molar-refractivity contribution in [1.82, 2.24) is 0 Å². The van der Waals surface area contributed by atoms with E-state index < -0.39 is 0 Å². The number of hydrogen-bond donors (Lipinski definition) is 0. The molecule has 0 spiro atoms. The molecule has 3 heteroatoms. The average molecular weight is 493 g/mol. The Labute approximate surface area is 220 Å². The van der Waals surface area contributed by atoms with Crippen molar-refractivity contribution in [2.24, 2.45) is 5.92 Å². The number of allylic oxidation sites excluding steroid dienone is 1. The number of aryl methyl sites for hydroxylation is 2. The van der Waals surface area contributed by atoms with Crippen LogP contribution in [-0.4, -0.2) is 17.3 Å². The number of hydrogen-bond acceptors (Lipinski definition) is 3. The molecule has 0 N–H and O–H groups in total. The van der Waals surface area contributed by atoms with Crippen LogP contribution >= 0.6 is 0 Å². The molecule has 206 valence electrons. The fraction of sp³-hybridized carbons (Fsp3) is 0.656. The van der Waals surface area contributed by atoms with Crippen LogP contribution in [0.3, 0.4) is 0 Å². The summed E-state index contributed by atoms with van der Waals surface area (Å²) in [5, 5.41) is 0. The molecule has 1 atom stereocenters. The summed E-state index contributed by atoms with van der Waals surface area (Å²) in [6.45, 7) is 29.1. The molecule has 0 saturated heterocycles. The monoisotopic (exact) mass is 492 g/mol. The highest BCUT2D eigenvalue weighted by Crippen LogP contribution is 2.18. The molecular formula is C32H60O3. The van der Waals surface area contributed by atoms with Crippen molar-refractivity contribution in [3.8, 4) is 0 Å². The van der Waals surface area contributed by atoms with Gasteiger partial charge in [-0.05, 0) is 52.5 Å². The normalized spacial score (nSPS) is 9.29. The number of carbonyl (C=O) groups excluding carboxylic acids is 3. The second-order valence-corrected chi connectivity index (χ2v) is 7.79. The maximum absolute atomic E-state index is 12.1. The van der Waals surface area contributed by atoms with Crippen LogP contribution in [0.15, 0.2) is 36.4 Å². The van der Waals surface area contributed by atoms with E-state index in [0.717, 1.165) is 24.8 Å². The summed E-state index contributed by atoms with van der Waals surface area (Å²) >= 11 is 0. The maximum Gasteiger partial charge on any atom is 0.133 e. The Bertz CT molecular complexity index is 612. The van der Waals surface area contributed by atoms with E-state index >= 15 is 0 Å². The fourth-order valence-electron chi connectivity index (χ4n) is 2.29. The Hall–Kier alpha value is -2.03. The van der Waals surface area contributed by atoms with Gasteiger partial charge in [0, 0.05) is 25.2 Å². The lowest BCUT2D eigenvalue weighted by atomic mass is 9.90. The summed E-state index contributed by atoms with van der Waals surface area (Å²) in [4.78, 5) is 33.5. The zero-order valence-corrected chi connectivity index (χ0v) is 25.8. The minimum Gasteiger partial charge on any atom is -0.300 e. The van der Waals surface area contributed by atoms with Crippen LogP contribution in [-0.2, 0) is 20.8 Å². The van der Waals surface area contributed by atoms with Gasteiger partial charge in [-0.2, -0.15) is 0 Å². The maximum atomic E-state index is 12.1. The summed E-state index contributed by atoms with van der Waals surface area (Å²) in [5.41, 5.74) is 3.46. The molecule has 0 saturated carbocycles. The molecule has 0 aliphatic heterocycles. The number of benzene rings is 1. The van der Waals surface area contributed by atoms with Gasteiger partial charge in [0.05, 0.1) is 0 Å². The summed E-state index contributed by atoms with van der Waals surface area (Å²) in [5.74, 6) is 0.398. The average Bonchev–Trinajstić information content (AvgIpc) is 2.85. The molecule has 0 aromatic heterocycles.